The van der Waals surface area contributed by atoms with Crippen molar-refractivity contribution in [1.29, 1.82) is 0 Å². The molecule has 0 aromatic heterocycles. The van der Waals surface area contributed by atoms with Crippen LogP contribution in [-0.2, 0) is 14.4 Å². The second kappa shape index (κ2) is 7.23. The monoisotopic (exact) mass is 284 g/mol. The summed E-state index contributed by atoms with van der Waals surface area (Å²) in [4.78, 5) is 36.2. The van der Waals surface area contributed by atoms with Crippen LogP contribution in [-0.4, -0.2) is 54.3 Å². The van der Waals surface area contributed by atoms with Gasteiger partial charge in [-0.15, -0.1) is 0 Å². The highest BCUT2D eigenvalue weighted by Gasteiger charge is 2.27. The summed E-state index contributed by atoms with van der Waals surface area (Å²) in [5, 5.41) is 5.34. The molecule has 0 bridgehead atoms. The third-order valence-electron chi connectivity index (χ3n) is 3.38. The lowest BCUT2D eigenvalue weighted by Gasteiger charge is -2.19. The Hall–Kier alpha value is -1.63. The second-order valence-corrected chi connectivity index (χ2v) is 5.51. The summed E-state index contributed by atoms with van der Waals surface area (Å²) in [6, 6.07) is -0.599. The van der Waals surface area contributed by atoms with Crippen molar-refractivity contribution in [3.05, 3.63) is 0 Å². The summed E-state index contributed by atoms with van der Waals surface area (Å²) in [5.74, 6) is -0.533. The lowest BCUT2D eigenvalue weighted by molar-refractivity contribution is -0.132. The van der Waals surface area contributed by atoms with Crippen LogP contribution in [0, 0.1) is 5.92 Å². The maximum absolute atomic E-state index is 11.9. The predicted molar refractivity (Wildman–Crippen MR) is 74.6 cm³/mol. The van der Waals surface area contributed by atoms with E-state index in [1.165, 1.54) is 6.92 Å². The first kappa shape index (κ1) is 16.4. The van der Waals surface area contributed by atoms with E-state index in [0.29, 0.717) is 13.1 Å². The Bertz CT molecular complexity index is 384. The zero-order valence-electron chi connectivity index (χ0n) is 12.3. The van der Waals surface area contributed by atoms with Crippen LogP contribution in [0.5, 0.6) is 0 Å². The summed E-state index contributed by atoms with van der Waals surface area (Å²) in [5.41, 5.74) is 5.69. The standard InChI is InChI=1S/C13H24N4O3/c1-8(2)12(14)13(20)15-6-11(19)17-5-4-10(7-17)16-9(3)18/h8,10,12H,4-7,14H2,1-3H3,(H,15,20)(H,16,18)/t10?,12-/m0/s1. The number of nitrogens with one attached hydrogen (secondary N) is 2. The van der Waals surface area contributed by atoms with Crippen LogP contribution in [0.4, 0.5) is 0 Å². The van der Waals surface area contributed by atoms with Crippen LogP contribution >= 0.6 is 0 Å². The van der Waals surface area contributed by atoms with E-state index in [-0.39, 0.29) is 36.2 Å². The Balaban J connectivity index is 2.34. The molecule has 2 atom stereocenters. The molecule has 7 nitrogen and oxygen atoms in total. The average molecular weight is 284 g/mol. The lowest BCUT2D eigenvalue weighted by Crippen LogP contribution is -2.48. The topological polar surface area (TPSA) is 105 Å². The van der Waals surface area contributed by atoms with E-state index in [1.807, 2.05) is 13.8 Å². The molecule has 0 aliphatic carbocycles. The third-order valence-corrected chi connectivity index (χ3v) is 3.38. The SMILES string of the molecule is CC(=O)NC1CCN(C(=O)CNC(=O)[C@@H](N)C(C)C)C1. The summed E-state index contributed by atoms with van der Waals surface area (Å²) in [7, 11) is 0. The molecule has 114 valence electrons. The van der Waals surface area contributed by atoms with E-state index < -0.39 is 6.04 Å². The van der Waals surface area contributed by atoms with E-state index in [1.54, 1.807) is 4.90 Å². The summed E-state index contributed by atoms with van der Waals surface area (Å²) >= 11 is 0. The molecule has 1 aliphatic heterocycles. The van der Waals surface area contributed by atoms with Crippen LogP contribution in [0.1, 0.15) is 27.2 Å². The van der Waals surface area contributed by atoms with E-state index in [2.05, 4.69) is 10.6 Å². The normalized spacial score (nSPS) is 19.9. The number of carbonyl (C=O) groups excluding carboxylic acids is 3. The van der Waals surface area contributed by atoms with Gasteiger partial charge in [-0.1, -0.05) is 13.8 Å². The Morgan fingerprint density at radius 1 is 1.35 bits per heavy atom. The zero-order chi connectivity index (χ0) is 15.3. The van der Waals surface area contributed by atoms with E-state index in [4.69, 9.17) is 5.73 Å². The predicted octanol–water partition coefficient (Wildman–Crippen LogP) is -1.18. The van der Waals surface area contributed by atoms with Gasteiger partial charge in [-0.05, 0) is 12.3 Å². The van der Waals surface area contributed by atoms with Crippen LogP contribution in [0.3, 0.4) is 0 Å². The Labute approximate surface area is 119 Å². The molecule has 0 spiro atoms. The van der Waals surface area contributed by atoms with Gasteiger partial charge in [0.15, 0.2) is 0 Å². The van der Waals surface area contributed by atoms with Crippen LogP contribution in [0.25, 0.3) is 0 Å². The lowest BCUT2D eigenvalue weighted by atomic mass is 10.1. The molecule has 1 aliphatic rings. The first-order valence-corrected chi connectivity index (χ1v) is 6.89. The van der Waals surface area contributed by atoms with Crippen molar-refractivity contribution in [2.75, 3.05) is 19.6 Å². The highest BCUT2D eigenvalue weighted by molar-refractivity contribution is 5.87. The number of hydrogen-bond donors (Lipinski definition) is 3. The van der Waals surface area contributed by atoms with Gasteiger partial charge in [0.1, 0.15) is 0 Å². The smallest absolute Gasteiger partial charge is 0.242 e. The molecule has 0 aromatic carbocycles. The molecule has 0 aromatic rings. The number of nitrogens with zero attached hydrogens (tertiary/aromatic N) is 1. The minimum atomic E-state index is -0.603. The van der Waals surface area contributed by atoms with Crippen molar-refractivity contribution in [2.24, 2.45) is 11.7 Å². The number of hydrogen-bond acceptors (Lipinski definition) is 4. The van der Waals surface area contributed by atoms with Gasteiger partial charge in [-0.25, -0.2) is 0 Å². The fourth-order valence-corrected chi connectivity index (χ4v) is 2.09. The van der Waals surface area contributed by atoms with Gasteiger partial charge in [-0.3, -0.25) is 14.4 Å². The maximum atomic E-state index is 11.9. The maximum Gasteiger partial charge on any atom is 0.242 e. The fourth-order valence-electron chi connectivity index (χ4n) is 2.09. The van der Waals surface area contributed by atoms with Crippen molar-refractivity contribution in [3.63, 3.8) is 0 Å². The van der Waals surface area contributed by atoms with Gasteiger partial charge in [0.2, 0.25) is 17.7 Å². The van der Waals surface area contributed by atoms with Crippen LogP contribution < -0.4 is 16.4 Å². The summed E-state index contributed by atoms with van der Waals surface area (Å²) in [6.07, 6.45) is 0.741. The fraction of sp³-hybridized carbons (Fsp3) is 0.769. The molecular weight excluding hydrogens is 260 g/mol. The molecule has 1 saturated heterocycles. The molecule has 0 radical (unpaired) electrons. The molecule has 7 heteroatoms. The summed E-state index contributed by atoms with van der Waals surface area (Å²) in [6.45, 7) is 6.19. The summed E-state index contributed by atoms with van der Waals surface area (Å²) < 4.78 is 0. The largest absolute Gasteiger partial charge is 0.352 e. The Morgan fingerprint density at radius 2 is 2.00 bits per heavy atom. The molecule has 0 saturated carbocycles. The van der Waals surface area contributed by atoms with Gasteiger partial charge in [0, 0.05) is 26.1 Å². The van der Waals surface area contributed by atoms with Gasteiger partial charge in [0.25, 0.3) is 0 Å². The number of likely N-dealkylation sites (tertiary alicyclic amines) is 1. The van der Waals surface area contributed by atoms with Crippen molar-refractivity contribution >= 4 is 17.7 Å². The zero-order valence-corrected chi connectivity index (χ0v) is 12.3. The molecule has 1 rings (SSSR count). The van der Waals surface area contributed by atoms with Crippen LogP contribution in [0.15, 0.2) is 0 Å². The van der Waals surface area contributed by atoms with E-state index in [0.717, 1.165) is 6.42 Å². The molecule has 4 N–H and O–H groups in total. The Morgan fingerprint density at radius 3 is 2.55 bits per heavy atom. The van der Waals surface area contributed by atoms with Gasteiger partial charge in [-0.2, -0.15) is 0 Å². The molecule has 1 fully saturated rings. The van der Waals surface area contributed by atoms with Crippen molar-refractivity contribution in [1.82, 2.24) is 15.5 Å². The van der Waals surface area contributed by atoms with Gasteiger partial charge >= 0.3 is 0 Å². The number of amides is 3. The third kappa shape index (κ3) is 4.80. The Kier molecular flexibility index (Phi) is 5.94. The van der Waals surface area contributed by atoms with Crippen molar-refractivity contribution in [3.8, 4) is 0 Å². The number of nitrogens with two attached hydrogens (primary N) is 1. The second-order valence-electron chi connectivity index (χ2n) is 5.51. The average Bonchev–Trinajstić information content (AvgIpc) is 2.81. The first-order valence-electron chi connectivity index (χ1n) is 6.89. The van der Waals surface area contributed by atoms with Crippen molar-refractivity contribution < 1.29 is 14.4 Å². The number of carbonyl (C=O) groups is 3. The molecule has 1 heterocycles. The highest BCUT2D eigenvalue weighted by atomic mass is 16.2. The minimum Gasteiger partial charge on any atom is -0.352 e. The quantitative estimate of drug-likeness (QED) is 0.591. The van der Waals surface area contributed by atoms with Crippen LogP contribution in [0.2, 0.25) is 0 Å². The molecule has 20 heavy (non-hydrogen) atoms. The molecular formula is C13H24N4O3. The molecule has 1 unspecified atom stereocenters. The van der Waals surface area contributed by atoms with Crippen molar-refractivity contribution in [2.45, 2.75) is 39.3 Å². The van der Waals surface area contributed by atoms with E-state index >= 15 is 0 Å². The first-order chi connectivity index (χ1) is 9.31. The minimum absolute atomic E-state index is 0.00470. The van der Waals surface area contributed by atoms with Gasteiger partial charge < -0.3 is 21.3 Å². The van der Waals surface area contributed by atoms with Gasteiger partial charge in [0.05, 0.1) is 12.6 Å². The molecule has 3 amide bonds. The number of rotatable bonds is 5. The highest BCUT2D eigenvalue weighted by Crippen LogP contribution is 2.09. The van der Waals surface area contributed by atoms with E-state index in [9.17, 15) is 14.4 Å².